The molecule has 0 aliphatic heterocycles. The topological polar surface area (TPSA) is 86.7 Å². The molecule has 0 fully saturated rings. The van der Waals surface area contributed by atoms with E-state index in [0.717, 1.165) is 5.56 Å². The molecule has 0 radical (unpaired) electrons. The first kappa shape index (κ1) is 40.1. The quantitative estimate of drug-likeness (QED) is 0.0741. The van der Waals surface area contributed by atoms with Gasteiger partial charge < -0.3 is 0 Å². The first-order valence-corrected chi connectivity index (χ1v) is 23.1. The second-order valence-electron chi connectivity index (χ2n) is 11.1. The van der Waals surface area contributed by atoms with Crippen molar-refractivity contribution in [2.45, 2.75) is 56.3 Å². The van der Waals surface area contributed by atoms with Crippen molar-refractivity contribution in [3.63, 3.8) is 0 Å². The Balaban J connectivity index is 1.52. The number of aryl methyl sites for hydroxylation is 3. The summed E-state index contributed by atoms with van der Waals surface area (Å²) in [5.41, 5.74) is -9.24. The van der Waals surface area contributed by atoms with Gasteiger partial charge in [0, 0.05) is 0 Å². The van der Waals surface area contributed by atoms with Crippen molar-refractivity contribution in [1.82, 2.24) is 0 Å². The number of hydrogen-bond donors (Lipinski definition) is 0. The first-order chi connectivity index (χ1) is 24.2. The maximum absolute atomic E-state index is 13.8. The number of hydrogen-bond acceptors (Lipinski definition) is 7. The van der Waals surface area contributed by atoms with Gasteiger partial charge in [0.25, 0.3) is 0 Å². The molecule has 278 valence electrons. The molecule has 0 aliphatic rings. The molecule has 0 aliphatic carbocycles. The number of alkyl halides is 6. The van der Waals surface area contributed by atoms with Gasteiger partial charge in [-0.15, -0.1) is 0 Å². The van der Waals surface area contributed by atoms with Crippen LogP contribution < -0.4 is 0 Å². The summed E-state index contributed by atoms with van der Waals surface area (Å²) in [5, 5.41) is 0. The fraction of sp³-hybridized carbons (Fsp3) is 0.143. The van der Waals surface area contributed by atoms with Crippen LogP contribution in [-0.2, 0) is 26.4 Å². The van der Waals surface area contributed by atoms with Crippen LogP contribution in [0.4, 0.5) is 26.3 Å². The fourth-order valence-corrected chi connectivity index (χ4v) is 17.7. The molecule has 5 rings (SSSR count). The van der Waals surface area contributed by atoms with E-state index in [4.69, 9.17) is 6.14 Å². The van der Waals surface area contributed by atoms with Gasteiger partial charge in [-0.1, -0.05) is 36.4 Å². The van der Waals surface area contributed by atoms with E-state index in [1.807, 2.05) is 6.92 Å². The summed E-state index contributed by atoms with van der Waals surface area (Å²) >= 11 is -2.48. The normalized spacial score (nSPS) is 13.5. The van der Waals surface area contributed by atoms with Gasteiger partial charge in [0.1, 0.15) is 0 Å². The molecule has 5 aromatic rings. The third kappa shape index (κ3) is 8.50. The van der Waals surface area contributed by atoms with Crippen LogP contribution in [0.25, 0.3) is 0 Å². The molecular weight excluding hydrogens is 886 g/mol. The predicted octanol–water partition coefficient (Wildman–Crippen LogP) is 11.2. The van der Waals surface area contributed by atoms with Gasteiger partial charge in [-0.05, 0) is 0 Å². The van der Waals surface area contributed by atoms with Gasteiger partial charge >= 0.3 is 255 Å². The summed E-state index contributed by atoms with van der Waals surface area (Å²) in [6, 6.07) is 31.4. The molecule has 0 saturated carbocycles. The van der Waals surface area contributed by atoms with E-state index in [2.05, 4.69) is 0 Å². The van der Waals surface area contributed by atoms with Crippen molar-refractivity contribution in [3.8, 4) is 0 Å². The minimum atomic E-state index is -6.09. The van der Waals surface area contributed by atoms with Crippen molar-refractivity contribution >= 4 is 62.5 Å². The van der Waals surface area contributed by atoms with Crippen LogP contribution >= 0.6 is 42.3 Å². The molecule has 0 spiro atoms. The van der Waals surface area contributed by atoms with E-state index >= 15 is 0 Å². The van der Waals surface area contributed by atoms with Crippen LogP contribution in [0, 0.1) is 27.9 Å². The Morgan fingerprint density at radius 2 is 0.962 bits per heavy atom. The van der Waals surface area contributed by atoms with Gasteiger partial charge in [0.2, 0.25) is 0 Å². The van der Waals surface area contributed by atoms with E-state index in [0.29, 0.717) is 28.1 Å². The Hall–Kier alpha value is -3.07. The predicted molar refractivity (Wildman–Crippen MR) is 196 cm³/mol. The maximum atomic E-state index is 13.8. The SMILES string of the molecule is Cc1cc(C)c(I(OS(=O)(=O)C(F)(F)F)c2ccc(Sc3ccc(S(OS(=O)(=O)C(F)(F)F)(c4ccccc4)c4ccccc4)cc3)cc2)c(C)c1. The molecule has 0 unspecified atom stereocenters. The van der Waals surface area contributed by atoms with Crippen LogP contribution in [0.15, 0.2) is 146 Å². The Labute approximate surface area is 311 Å². The first-order valence-electron chi connectivity index (χ1n) is 14.9. The number of rotatable bonds is 11. The average molecular weight is 915 g/mol. The zero-order valence-corrected chi connectivity index (χ0v) is 32.7. The molecule has 6 nitrogen and oxygen atoms in total. The van der Waals surface area contributed by atoms with E-state index in [1.165, 1.54) is 60.3 Å². The van der Waals surface area contributed by atoms with Crippen molar-refractivity contribution in [2.75, 3.05) is 0 Å². The van der Waals surface area contributed by atoms with Gasteiger partial charge in [-0.25, -0.2) is 0 Å². The van der Waals surface area contributed by atoms with Crippen molar-refractivity contribution in [1.29, 1.82) is 0 Å². The van der Waals surface area contributed by atoms with E-state index in [9.17, 15) is 43.2 Å². The van der Waals surface area contributed by atoms with E-state index in [-0.39, 0.29) is 14.7 Å². The van der Waals surface area contributed by atoms with Crippen LogP contribution in [0.3, 0.4) is 0 Å². The Kier molecular flexibility index (Phi) is 11.8. The molecular formula is C35H29F6IO6S4. The third-order valence-electron chi connectivity index (χ3n) is 7.21. The summed E-state index contributed by atoms with van der Waals surface area (Å²) in [5.74, 6) is 0. The molecule has 0 atom stereocenters. The molecule has 0 bridgehead atoms. The zero-order chi connectivity index (χ0) is 38.1. The van der Waals surface area contributed by atoms with Crippen molar-refractivity contribution in [3.05, 3.63) is 145 Å². The zero-order valence-electron chi connectivity index (χ0n) is 27.3. The van der Waals surface area contributed by atoms with Crippen LogP contribution in [0.1, 0.15) is 16.7 Å². The van der Waals surface area contributed by atoms with Crippen LogP contribution in [0.2, 0.25) is 0 Å². The molecule has 17 heteroatoms. The summed E-state index contributed by atoms with van der Waals surface area (Å²) in [4.78, 5) is 1.76. The van der Waals surface area contributed by atoms with Crippen LogP contribution in [-0.4, -0.2) is 27.9 Å². The molecule has 0 saturated heterocycles. The molecule has 0 amide bonds. The summed E-state index contributed by atoms with van der Waals surface area (Å²) in [6.07, 6.45) is 0. The van der Waals surface area contributed by atoms with Crippen LogP contribution in [0.5, 0.6) is 0 Å². The van der Waals surface area contributed by atoms with Gasteiger partial charge in [0.05, 0.1) is 0 Å². The molecule has 0 heterocycles. The summed E-state index contributed by atoms with van der Waals surface area (Å²) in [7, 11) is -15.5. The third-order valence-corrected chi connectivity index (χ3v) is 21.0. The Morgan fingerprint density at radius 3 is 1.38 bits per heavy atom. The van der Waals surface area contributed by atoms with Gasteiger partial charge in [0.15, 0.2) is 0 Å². The average Bonchev–Trinajstić information content (AvgIpc) is 3.07. The number of benzene rings is 5. The van der Waals surface area contributed by atoms with Crippen molar-refractivity contribution in [2.24, 2.45) is 0 Å². The van der Waals surface area contributed by atoms with Gasteiger partial charge in [-0.3, -0.25) is 0 Å². The second kappa shape index (κ2) is 15.3. The standard InChI is InChI=1S/C35H29F6IO6S4/c1-24-22-25(2)33(26(3)23-24)42(47-51(43,44)34(36,37)38)27-14-16-28(17-15-27)49-29-18-20-32(21-19-29)50(30-10-6-4-7-11-30,31-12-8-5-9-13-31)48-52(45,46)35(39,40)41/h4-23H,1-3H3. The Morgan fingerprint density at radius 1 is 0.558 bits per heavy atom. The monoisotopic (exact) mass is 914 g/mol. The molecule has 52 heavy (non-hydrogen) atoms. The van der Waals surface area contributed by atoms with E-state index in [1.54, 1.807) is 86.6 Å². The summed E-state index contributed by atoms with van der Waals surface area (Å²) in [6.45, 7) is 5.19. The van der Waals surface area contributed by atoms with Gasteiger partial charge in [-0.2, -0.15) is 21.6 Å². The fourth-order valence-electron chi connectivity index (χ4n) is 5.10. The minimum absolute atomic E-state index is 0.166. The molecule has 5 aromatic carbocycles. The Bertz CT molecular complexity index is 2190. The molecule has 0 aromatic heterocycles. The van der Waals surface area contributed by atoms with E-state index < -0.39 is 61.8 Å². The van der Waals surface area contributed by atoms with Crippen molar-refractivity contribution < 1.29 is 49.3 Å². The molecule has 0 N–H and O–H groups in total. The second-order valence-corrected chi connectivity index (χ2v) is 23.0. The number of halogens is 7. The summed E-state index contributed by atoms with van der Waals surface area (Å²) < 4.78 is 142.